The molecule has 1 rings (SSSR count). The Bertz CT molecular complexity index is 506. The minimum Gasteiger partial charge on any atom is -0.465 e. The summed E-state index contributed by atoms with van der Waals surface area (Å²) in [6.07, 6.45) is -7.77. The van der Waals surface area contributed by atoms with Gasteiger partial charge in [0.05, 0.1) is 7.11 Å². The molecular formula is C10H7ClF5NO3. The van der Waals surface area contributed by atoms with E-state index in [1.54, 1.807) is 0 Å². The van der Waals surface area contributed by atoms with Gasteiger partial charge in [0, 0.05) is 17.6 Å². The molecule has 0 bridgehead atoms. The third kappa shape index (κ3) is 3.69. The lowest BCUT2D eigenvalue weighted by molar-refractivity contribution is -0.276. The molecule has 0 saturated carbocycles. The van der Waals surface area contributed by atoms with Crippen LogP contribution in [0.5, 0.6) is 5.88 Å². The molecule has 0 saturated heterocycles. The number of hydrogen-bond donors (Lipinski definition) is 0. The van der Waals surface area contributed by atoms with Crippen LogP contribution in [-0.2, 0) is 10.6 Å². The number of nitrogens with zero attached hydrogens (tertiary/aromatic N) is 1. The first-order chi connectivity index (χ1) is 9.21. The summed E-state index contributed by atoms with van der Waals surface area (Å²) in [5.41, 5.74) is -2.39. The highest BCUT2D eigenvalue weighted by atomic mass is 35.5. The molecule has 112 valence electrons. The fourth-order valence-electron chi connectivity index (χ4n) is 1.39. The largest absolute Gasteiger partial charge is 0.574 e. The van der Waals surface area contributed by atoms with Gasteiger partial charge in [0.15, 0.2) is 0 Å². The maximum absolute atomic E-state index is 13.0. The van der Waals surface area contributed by atoms with E-state index in [1.807, 2.05) is 0 Å². The van der Waals surface area contributed by atoms with Crippen molar-refractivity contribution in [2.24, 2.45) is 0 Å². The molecule has 4 nitrogen and oxygen atoms in total. The smallest absolute Gasteiger partial charge is 0.465 e. The summed E-state index contributed by atoms with van der Waals surface area (Å²) >= 11 is 5.39. The zero-order valence-corrected chi connectivity index (χ0v) is 10.6. The van der Waals surface area contributed by atoms with Crippen molar-refractivity contribution in [1.29, 1.82) is 0 Å². The molecule has 1 aromatic heterocycles. The minimum atomic E-state index is -5.20. The quantitative estimate of drug-likeness (QED) is 0.484. The number of pyridine rings is 1. The summed E-state index contributed by atoms with van der Waals surface area (Å²) in [5, 5.41) is 0. The Morgan fingerprint density at radius 1 is 1.45 bits per heavy atom. The van der Waals surface area contributed by atoms with Crippen molar-refractivity contribution in [2.45, 2.75) is 18.7 Å². The molecule has 0 aromatic carbocycles. The molecule has 0 aliphatic rings. The Morgan fingerprint density at radius 2 is 2.05 bits per heavy atom. The number of carbonyl (C=O) groups excluding carboxylic acids is 1. The normalized spacial score (nSPS) is 11.6. The molecule has 10 heteroatoms. The van der Waals surface area contributed by atoms with E-state index in [9.17, 15) is 26.7 Å². The molecule has 20 heavy (non-hydrogen) atoms. The molecule has 0 aliphatic heterocycles. The lowest BCUT2D eigenvalue weighted by Crippen LogP contribution is -2.22. The summed E-state index contributed by atoms with van der Waals surface area (Å²) in [5.74, 6) is -3.21. The van der Waals surface area contributed by atoms with E-state index in [1.165, 1.54) is 0 Å². The molecular weight excluding hydrogens is 313 g/mol. The van der Waals surface area contributed by atoms with Crippen LogP contribution >= 0.6 is 11.6 Å². The van der Waals surface area contributed by atoms with Crippen LogP contribution in [0.25, 0.3) is 0 Å². The van der Waals surface area contributed by atoms with Crippen LogP contribution in [0.3, 0.4) is 0 Å². The average Bonchev–Trinajstić information content (AvgIpc) is 2.35. The summed E-state index contributed by atoms with van der Waals surface area (Å²) in [6, 6.07) is 0. The molecule has 0 aliphatic carbocycles. The first kappa shape index (κ1) is 16.4. The van der Waals surface area contributed by atoms with Gasteiger partial charge in [0.1, 0.15) is 5.56 Å². The molecule has 1 heterocycles. The van der Waals surface area contributed by atoms with E-state index in [4.69, 9.17) is 11.6 Å². The fraction of sp³-hybridized carbons (Fsp3) is 0.400. The van der Waals surface area contributed by atoms with Crippen molar-refractivity contribution in [2.75, 3.05) is 7.11 Å². The van der Waals surface area contributed by atoms with Crippen LogP contribution in [0.15, 0.2) is 6.20 Å². The number of alkyl halides is 6. The monoisotopic (exact) mass is 319 g/mol. The van der Waals surface area contributed by atoms with Crippen molar-refractivity contribution in [3.05, 3.63) is 22.9 Å². The summed E-state index contributed by atoms with van der Waals surface area (Å²) in [4.78, 5) is 14.6. The zero-order chi connectivity index (χ0) is 15.5. The second kappa shape index (κ2) is 6.21. The standard InChI is InChI=1S/C10H7ClF5NO3/c1-19-9(18)6-5(7(12)13)4(2-11)3-17-8(6)20-10(14,15)16/h3,7H,2H2,1H3. The van der Waals surface area contributed by atoms with Crippen molar-refractivity contribution in [3.63, 3.8) is 0 Å². The third-order valence-corrected chi connectivity index (χ3v) is 2.42. The number of hydrogen-bond acceptors (Lipinski definition) is 4. The Hall–Kier alpha value is -1.64. The Morgan fingerprint density at radius 3 is 2.45 bits per heavy atom. The van der Waals surface area contributed by atoms with Gasteiger partial charge in [0.2, 0.25) is 5.88 Å². The zero-order valence-electron chi connectivity index (χ0n) is 9.80. The molecule has 0 N–H and O–H groups in total. The summed E-state index contributed by atoms with van der Waals surface area (Å²) < 4.78 is 70.1. The fourth-order valence-corrected chi connectivity index (χ4v) is 1.60. The first-order valence-electron chi connectivity index (χ1n) is 4.91. The van der Waals surface area contributed by atoms with E-state index in [-0.39, 0.29) is 5.56 Å². The Labute approximate surface area is 114 Å². The Kier molecular flexibility index (Phi) is 5.09. The number of rotatable bonds is 4. The van der Waals surface area contributed by atoms with Crippen molar-refractivity contribution in [3.8, 4) is 5.88 Å². The highest BCUT2D eigenvalue weighted by molar-refractivity contribution is 6.17. The van der Waals surface area contributed by atoms with E-state index in [0.717, 1.165) is 7.11 Å². The summed E-state index contributed by atoms with van der Waals surface area (Å²) in [7, 11) is 0.822. The van der Waals surface area contributed by atoms with E-state index in [0.29, 0.717) is 6.20 Å². The molecule has 1 aromatic rings. The number of aromatic nitrogens is 1. The molecule has 0 radical (unpaired) electrons. The van der Waals surface area contributed by atoms with E-state index in [2.05, 4.69) is 14.5 Å². The van der Waals surface area contributed by atoms with Crippen LogP contribution in [0.4, 0.5) is 22.0 Å². The topological polar surface area (TPSA) is 48.4 Å². The van der Waals surface area contributed by atoms with Gasteiger partial charge in [-0.25, -0.2) is 18.6 Å². The molecule has 0 fully saturated rings. The van der Waals surface area contributed by atoms with Crippen LogP contribution in [0.2, 0.25) is 0 Å². The number of carbonyl (C=O) groups is 1. The number of methoxy groups -OCH3 is 1. The molecule has 0 amide bonds. The van der Waals surface area contributed by atoms with Crippen LogP contribution in [0, 0.1) is 0 Å². The van der Waals surface area contributed by atoms with Gasteiger partial charge in [-0.1, -0.05) is 0 Å². The van der Waals surface area contributed by atoms with Gasteiger partial charge < -0.3 is 9.47 Å². The third-order valence-electron chi connectivity index (χ3n) is 2.13. The maximum atomic E-state index is 13.0. The lowest BCUT2D eigenvalue weighted by Gasteiger charge is -2.16. The Balaban J connectivity index is 3.53. The maximum Gasteiger partial charge on any atom is 0.574 e. The number of ether oxygens (including phenoxy) is 2. The lowest BCUT2D eigenvalue weighted by atomic mass is 10.1. The van der Waals surface area contributed by atoms with Gasteiger partial charge in [-0.05, 0) is 5.56 Å². The minimum absolute atomic E-state index is 0.295. The second-order valence-electron chi connectivity index (χ2n) is 3.35. The predicted octanol–water partition coefficient (Wildman–Crippen LogP) is 3.44. The SMILES string of the molecule is COC(=O)c1c(OC(F)(F)F)ncc(CCl)c1C(F)F. The van der Waals surface area contributed by atoms with Gasteiger partial charge in [0.25, 0.3) is 6.43 Å². The highest BCUT2D eigenvalue weighted by Gasteiger charge is 2.36. The van der Waals surface area contributed by atoms with Crippen LogP contribution in [0.1, 0.15) is 27.9 Å². The highest BCUT2D eigenvalue weighted by Crippen LogP contribution is 2.35. The van der Waals surface area contributed by atoms with Gasteiger partial charge in [-0.3, -0.25) is 0 Å². The second-order valence-corrected chi connectivity index (χ2v) is 3.62. The van der Waals surface area contributed by atoms with Crippen molar-refractivity contribution < 1.29 is 36.2 Å². The molecule has 0 unspecified atom stereocenters. The summed E-state index contributed by atoms with van der Waals surface area (Å²) in [6.45, 7) is 0. The van der Waals surface area contributed by atoms with Gasteiger partial charge >= 0.3 is 12.3 Å². The van der Waals surface area contributed by atoms with Crippen molar-refractivity contribution in [1.82, 2.24) is 4.98 Å². The predicted molar refractivity (Wildman–Crippen MR) is 56.8 cm³/mol. The van der Waals surface area contributed by atoms with Crippen LogP contribution in [-0.4, -0.2) is 24.4 Å². The van der Waals surface area contributed by atoms with Gasteiger partial charge in [-0.2, -0.15) is 0 Å². The van der Waals surface area contributed by atoms with E-state index < -0.39 is 41.6 Å². The van der Waals surface area contributed by atoms with Crippen LogP contribution < -0.4 is 4.74 Å². The van der Waals surface area contributed by atoms with Crippen molar-refractivity contribution >= 4 is 17.6 Å². The van der Waals surface area contributed by atoms with E-state index >= 15 is 0 Å². The average molecular weight is 320 g/mol. The molecule has 0 spiro atoms. The molecule has 0 atom stereocenters. The number of esters is 1. The first-order valence-corrected chi connectivity index (χ1v) is 5.44. The number of halogens is 6. The van der Waals surface area contributed by atoms with Gasteiger partial charge in [-0.15, -0.1) is 24.8 Å².